The molecule has 0 bridgehead atoms. The Bertz CT molecular complexity index is 887. The molecule has 208 valence electrons. The fourth-order valence-electron chi connectivity index (χ4n) is 6.59. The van der Waals surface area contributed by atoms with Crippen molar-refractivity contribution in [1.82, 2.24) is 0 Å². The van der Waals surface area contributed by atoms with Crippen molar-refractivity contribution >= 4 is 17.3 Å². The van der Waals surface area contributed by atoms with E-state index >= 15 is 0 Å². The summed E-state index contributed by atoms with van der Waals surface area (Å²) < 4.78 is 0. The number of fused-ring (bicyclic) bond motifs is 2. The lowest BCUT2D eigenvalue weighted by atomic mass is 9.74. The van der Waals surface area contributed by atoms with Crippen molar-refractivity contribution in [3.63, 3.8) is 0 Å². The van der Waals surface area contributed by atoms with Gasteiger partial charge in [0.1, 0.15) is 5.78 Å². The molecule has 0 aliphatic heterocycles. The van der Waals surface area contributed by atoms with Crippen molar-refractivity contribution in [2.45, 2.75) is 148 Å². The van der Waals surface area contributed by atoms with Gasteiger partial charge in [0.15, 0.2) is 11.6 Å². The summed E-state index contributed by atoms with van der Waals surface area (Å²) in [6, 6.07) is 0. The molecule has 0 radical (unpaired) electrons. The number of rotatable bonds is 0. The van der Waals surface area contributed by atoms with E-state index in [9.17, 15) is 24.6 Å². The number of carbonyl (C=O) groups excluding carboxylic acids is 3. The summed E-state index contributed by atoms with van der Waals surface area (Å²) in [6.45, 7) is 0. The largest absolute Gasteiger partial charge is 0.385 e. The monoisotopic (exact) mass is 514 g/mol. The molecule has 37 heavy (non-hydrogen) atoms. The van der Waals surface area contributed by atoms with Crippen molar-refractivity contribution in [1.29, 1.82) is 0 Å². The summed E-state index contributed by atoms with van der Waals surface area (Å²) in [5, 5.41) is 20.2. The third-order valence-electron chi connectivity index (χ3n) is 8.83. The van der Waals surface area contributed by atoms with Gasteiger partial charge in [-0.15, -0.1) is 0 Å². The average Bonchev–Trinajstić information content (AvgIpc) is 2.85. The van der Waals surface area contributed by atoms with E-state index in [1.165, 1.54) is 31.3 Å². The minimum Gasteiger partial charge on any atom is -0.385 e. The highest BCUT2D eigenvalue weighted by Crippen LogP contribution is 2.40. The smallest absolute Gasteiger partial charge is 0.155 e. The number of allylic oxidation sites excluding steroid dienone is 4. The molecule has 2 atom stereocenters. The van der Waals surface area contributed by atoms with Crippen LogP contribution in [0.2, 0.25) is 0 Å². The van der Waals surface area contributed by atoms with Crippen LogP contribution >= 0.6 is 0 Å². The average molecular weight is 515 g/mol. The number of aliphatic hydroxyl groups is 2. The molecule has 5 nitrogen and oxygen atoms in total. The molecule has 6 rings (SSSR count). The number of Topliss-reactive ketones (excluding diaryl/α,β-unsaturated/α-hetero) is 1. The van der Waals surface area contributed by atoms with Crippen LogP contribution in [0.4, 0.5) is 0 Å². The second-order valence-corrected chi connectivity index (χ2v) is 11.4. The second kappa shape index (κ2) is 13.8. The summed E-state index contributed by atoms with van der Waals surface area (Å²) in [5.41, 5.74) is 3.89. The topological polar surface area (TPSA) is 91.7 Å². The van der Waals surface area contributed by atoms with Crippen LogP contribution in [0.25, 0.3) is 0 Å². The molecular formula is C32H50O5. The Morgan fingerprint density at radius 3 is 1.49 bits per heavy atom. The Labute approximate surface area is 224 Å². The first-order valence-electron chi connectivity index (χ1n) is 13.9. The molecule has 5 heteroatoms. The maximum Gasteiger partial charge on any atom is 0.155 e. The molecule has 0 heterocycles. The van der Waals surface area contributed by atoms with Crippen LogP contribution in [0.5, 0.6) is 0 Å². The Hall–Kier alpha value is -1.85. The van der Waals surface area contributed by atoms with Gasteiger partial charge in [0, 0.05) is 25.7 Å². The zero-order chi connectivity index (χ0) is 24.9. The number of carbonyl (C=O) groups is 3. The first kappa shape index (κ1) is 31.4. The molecule has 0 spiro atoms. The molecule has 0 saturated heterocycles. The predicted molar refractivity (Wildman–Crippen MR) is 149 cm³/mol. The molecular weight excluding hydrogens is 464 g/mol. The van der Waals surface area contributed by atoms with Gasteiger partial charge in [0.05, 0.1) is 11.2 Å². The summed E-state index contributed by atoms with van der Waals surface area (Å²) in [6.07, 6.45) is 21.5. The lowest BCUT2D eigenvalue weighted by Crippen LogP contribution is -2.37. The van der Waals surface area contributed by atoms with Gasteiger partial charge >= 0.3 is 0 Å². The first-order chi connectivity index (χ1) is 16.8. The van der Waals surface area contributed by atoms with Gasteiger partial charge in [-0.3, -0.25) is 14.4 Å². The molecule has 6 aliphatic carbocycles. The maximum atomic E-state index is 11.1. The maximum absolute atomic E-state index is 11.1. The molecule has 0 aromatic rings. The van der Waals surface area contributed by atoms with E-state index in [1.807, 2.05) is 0 Å². The zero-order valence-electron chi connectivity index (χ0n) is 21.2. The van der Waals surface area contributed by atoms with Crippen molar-refractivity contribution < 1.29 is 24.6 Å². The van der Waals surface area contributed by atoms with Gasteiger partial charge in [0.25, 0.3) is 0 Å². The minimum absolute atomic E-state index is 0. The summed E-state index contributed by atoms with van der Waals surface area (Å²) in [7, 11) is 0. The molecule has 0 aromatic carbocycles. The lowest BCUT2D eigenvalue weighted by molar-refractivity contribution is -0.119. The normalized spacial score (nSPS) is 30.7. The van der Waals surface area contributed by atoms with E-state index in [-0.39, 0.29) is 26.4 Å². The molecule has 2 fully saturated rings. The van der Waals surface area contributed by atoms with E-state index < -0.39 is 11.2 Å². The third-order valence-corrected chi connectivity index (χ3v) is 8.83. The Morgan fingerprint density at radius 2 is 0.973 bits per heavy atom. The molecule has 0 unspecified atom stereocenters. The molecule has 0 aromatic heterocycles. The highest BCUT2D eigenvalue weighted by molar-refractivity contribution is 5.92. The van der Waals surface area contributed by atoms with E-state index in [0.29, 0.717) is 31.5 Å². The number of hydrogen-bond acceptors (Lipinski definition) is 5. The summed E-state index contributed by atoms with van der Waals surface area (Å²) in [4.78, 5) is 33.2. The highest BCUT2D eigenvalue weighted by atomic mass is 16.3. The quantitative estimate of drug-likeness (QED) is 0.338. The summed E-state index contributed by atoms with van der Waals surface area (Å²) >= 11 is 0. The minimum atomic E-state index is -0.605. The van der Waals surface area contributed by atoms with E-state index in [2.05, 4.69) is 0 Å². The van der Waals surface area contributed by atoms with Crippen LogP contribution in [0.1, 0.15) is 137 Å². The van der Waals surface area contributed by atoms with Crippen LogP contribution in [-0.4, -0.2) is 38.8 Å². The van der Waals surface area contributed by atoms with Gasteiger partial charge in [0.2, 0.25) is 0 Å². The van der Waals surface area contributed by atoms with Crippen molar-refractivity contribution in [2.75, 3.05) is 0 Å². The van der Waals surface area contributed by atoms with Crippen molar-refractivity contribution in [3.8, 4) is 0 Å². The molecule has 2 saturated carbocycles. The van der Waals surface area contributed by atoms with Crippen LogP contribution in [-0.2, 0) is 14.4 Å². The molecule has 2 N–H and O–H groups in total. The molecule has 0 amide bonds. The summed E-state index contributed by atoms with van der Waals surface area (Å²) in [5.74, 6) is 0.846. The fourth-order valence-corrected chi connectivity index (χ4v) is 6.59. The van der Waals surface area contributed by atoms with Crippen LogP contribution in [0, 0.1) is 0 Å². The highest BCUT2D eigenvalue weighted by Gasteiger charge is 2.37. The van der Waals surface area contributed by atoms with Crippen LogP contribution < -0.4 is 0 Å². The number of hydrogen-bond donors (Lipinski definition) is 2. The molecule has 6 aliphatic rings. The Kier molecular flexibility index (Phi) is 11.7. The van der Waals surface area contributed by atoms with Crippen LogP contribution in [0.15, 0.2) is 34.4 Å². The Balaban J connectivity index is 0.000000190. The standard InChI is InChI=1S/2C10H14O2.C10H14O.2CH4/c2*11-9-4-6-10(12)5-2-1-3-8(10)7-9;11-10-6-5-8-3-1-2-4-9(8)7-10;;/h2*7,12H,1-6H2;1-7H2;2*1H4/t2*10-;;;/m11.../s1. The SMILES string of the molecule is C.C.O=C1C=C2CCCC[C@@]2(O)CC1.O=C1C=C2CCCC[C@@]2(O)CC1.O=C1CCC2=C(CCCC2)C1. The third kappa shape index (κ3) is 8.07. The second-order valence-electron chi connectivity index (χ2n) is 11.4. The van der Waals surface area contributed by atoms with Crippen molar-refractivity contribution in [2.24, 2.45) is 0 Å². The van der Waals surface area contributed by atoms with Gasteiger partial charge in [-0.2, -0.15) is 0 Å². The van der Waals surface area contributed by atoms with Gasteiger partial charge in [-0.25, -0.2) is 0 Å². The fraction of sp³-hybridized carbons (Fsp3) is 0.719. The van der Waals surface area contributed by atoms with Gasteiger partial charge in [-0.05, 0) is 120 Å². The van der Waals surface area contributed by atoms with E-state index in [4.69, 9.17) is 0 Å². The van der Waals surface area contributed by atoms with Gasteiger partial charge < -0.3 is 10.2 Å². The van der Waals surface area contributed by atoms with Crippen LogP contribution in [0.3, 0.4) is 0 Å². The lowest BCUT2D eigenvalue weighted by Gasteiger charge is -2.37. The first-order valence-corrected chi connectivity index (χ1v) is 13.9. The number of ketones is 3. The van der Waals surface area contributed by atoms with E-state index in [0.717, 1.165) is 81.8 Å². The van der Waals surface area contributed by atoms with Crippen molar-refractivity contribution in [3.05, 3.63) is 34.4 Å². The predicted octanol–water partition coefficient (Wildman–Crippen LogP) is 7.04. The van der Waals surface area contributed by atoms with Gasteiger partial charge in [-0.1, -0.05) is 26.0 Å². The Morgan fingerprint density at radius 1 is 0.514 bits per heavy atom. The van der Waals surface area contributed by atoms with E-state index in [1.54, 1.807) is 17.7 Å². The zero-order valence-corrected chi connectivity index (χ0v) is 21.2.